The fraction of sp³-hybridized carbons (Fsp3) is 0.409. The van der Waals surface area contributed by atoms with Crippen molar-refractivity contribution < 1.29 is 24.1 Å². The number of carbonyl (C=O) groups is 1. The van der Waals surface area contributed by atoms with E-state index < -0.39 is 11.9 Å². The Labute approximate surface area is 163 Å². The minimum Gasteiger partial charge on any atom is -0.448 e. The number of amides is 1. The Bertz CT molecular complexity index is 847. The number of likely N-dealkylation sites (tertiary alicyclic amines) is 1. The number of ether oxygens (including phenoxy) is 3. The van der Waals surface area contributed by atoms with Gasteiger partial charge in [0.05, 0.1) is 32.4 Å². The molecule has 1 spiro atoms. The SMILES string of the molecule is O=C(OCC1c2ccccc2-c2ccccc21)N1CC2(C[C@@H]1CO)OCCO2. The highest BCUT2D eigenvalue weighted by molar-refractivity contribution is 5.79. The minimum absolute atomic E-state index is 0.0134. The molecule has 1 N–H and O–H groups in total. The summed E-state index contributed by atoms with van der Waals surface area (Å²) in [5.74, 6) is -0.779. The zero-order chi connectivity index (χ0) is 19.1. The molecule has 5 rings (SSSR count). The van der Waals surface area contributed by atoms with Crippen LogP contribution in [0.1, 0.15) is 23.5 Å². The second-order valence-corrected chi connectivity index (χ2v) is 7.58. The van der Waals surface area contributed by atoms with Crippen LogP contribution in [0.5, 0.6) is 0 Å². The Morgan fingerprint density at radius 1 is 1.07 bits per heavy atom. The van der Waals surface area contributed by atoms with Crippen molar-refractivity contribution >= 4 is 6.09 Å². The molecule has 2 fully saturated rings. The molecule has 0 bridgehead atoms. The van der Waals surface area contributed by atoms with Gasteiger partial charge in [-0.1, -0.05) is 48.5 Å². The second kappa shape index (κ2) is 6.88. The number of benzene rings is 2. The van der Waals surface area contributed by atoms with Gasteiger partial charge in [0, 0.05) is 12.3 Å². The third-order valence-corrected chi connectivity index (χ3v) is 5.99. The number of aliphatic hydroxyl groups is 1. The maximum Gasteiger partial charge on any atom is 0.410 e. The first-order chi connectivity index (χ1) is 13.7. The van der Waals surface area contributed by atoms with Gasteiger partial charge in [0.25, 0.3) is 0 Å². The van der Waals surface area contributed by atoms with Gasteiger partial charge in [-0.05, 0) is 22.3 Å². The predicted molar refractivity (Wildman–Crippen MR) is 102 cm³/mol. The van der Waals surface area contributed by atoms with Gasteiger partial charge in [0.15, 0.2) is 5.79 Å². The molecule has 0 radical (unpaired) electrons. The lowest BCUT2D eigenvalue weighted by molar-refractivity contribution is -0.145. The highest BCUT2D eigenvalue weighted by Gasteiger charge is 2.50. The number of hydrogen-bond donors (Lipinski definition) is 1. The number of fused-ring (bicyclic) bond motifs is 3. The van der Waals surface area contributed by atoms with Gasteiger partial charge in [0.1, 0.15) is 6.61 Å². The summed E-state index contributed by atoms with van der Waals surface area (Å²) < 4.78 is 17.1. The molecule has 146 valence electrons. The summed E-state index contributed by atoms with van der Waals surface area (Å²) in [4.78, 5) is 14.4. The van der Waals surface area contributed by atoms with Gasteiger partial charge in [-0.3, -0.25) is 4.90 Å². The largest absolute Gasteiger partial charge is 0.448 e. The Morgan fingerprint density at radius 2 is 1.68 bits per heavy atom. The average molecular weight is 381 g/mol. The molecular weight excluding hydrogens is 358 g/mol. The Balaban J connectivity index is 1.33. The summed E-state index contributed by atoms with van der Waals surface area (Å²) in [6.45, 7) is 1.43. The number of carbonyl (C=O) groups excluding carboxylic acids is 1. The molecule has 0 aromatic heterocycles. The fourth-order valence-electron chi connectivity index (χ4n) is 4.68. The third-order valence-electron chi connectivity index (χ3n) is 5.99. The van der Waals surface area contributed by atoms with Gasteiger partial charge in [-0.25, -0.2) is 4.79 Å². The summed E-state index contributed by atoms with van der Waals surface area (Å²) in [6.07, 6.45) is 0.0325. The van der Waals surface area contributed by atoms with Gasteiger partial charge < -0.3 is 19.3 Å². The van der Waals surface area contributed by atoms with Crippen molar-refractivity contribution in [3.8, 4) is 11.1 Å². The van der Waals surface area contributed by atoms with Gasteiger partial charge in [-0.15, -0.1) is 0 Å². The van der Waals surface area contributed by atoms with Gasteiger partial charge in [-0.2, -0.15) is 0 Å². The summed E-state index contributed by atoms with van der Waals surface area (Å²) in [5, 5.41) is 9.71. The Hall–Kier alpha value is -2.41. The first kappa shape index (κ1) is 17.7. The van der Waals surface area contributed by atoms with E-state index >= 15 is 0 Å². The molecule has 6 nitrogen and oxygen atoms in total. The van der Waals surface area contributed by atoms with Crippen molar-refractivity contribution in [2.45, 2.75) is 24.2 Å². The zero-order valence-electron chi connectivity index (χ0n) is 15.5. The van der Waals surface area contributed by atoms with Crippen LogP contribution in [0.4, 0.5) is 4.79 Å². The van der Waals surface area contributed by atoms with Crippen LogP contribution < -0.4 is 0 Å². The van der Waals surface area contributed by atoms with Crippen LogP contribution in [0.15, 0.2) is 48.5 Å². The Morgan fingerprint density at radius 3 is 2.29 bits per heavy atom. The minimum atomic E-state index is -0.793. The lowest BCUT2D eigenvalue weighted by atomic mass is 9.98. The molecule has 28 heavy (non-hydrogen) atoms. The molecule has 2 aromatic carbocycles. The van der Waals surface area contributed by atoms with Crippen LogP contribution in [-0.4, -0.2) is 60.9 Å². The summed E-state index contributed by atoms with van der Waals surface area (Å²) >= 11 is 0. The van der Waals surface area contributed by atoms with Crippen LogP contribution >= 0.6 is 0 Å². The maximum atomic E-state index is 12.8. The molecule has 0 saturated carbocycles. The van der Waals surface area contributed by atoms with Crippen molar-refractivity contribution in [2.75, 3.05) is 33.0 Å². The second-order valence-electron chi connectivity index (χ2n) is 7.58. The molecular formula is C22H23NO5. The maximum absolute atomic E-state index is 12.8. The van der Waals surface area contributed by atoms with Crippen LogP contribution in [0, 0.1) is 0 Å². The fourth-order valence-corrected chi connectivity index (χ4v) is 4.68. The van der Waals surface area contributed by atoms with E-state index in [2.05, 4.69) is 24.3 Å². The number of aliphatic hydroxyl groups excluding tert-OH is 1. The quantitative estimate of drug-likeness (QED) is 0.886. The number of rotatable bonds is 3. The van der Waals surface area contributed by atoms with E-state index in [1.54, 1.807) is 0 Å². The molecule has 1 aliphatic carbocycles. The van der Waals surface area contributed by atoms with E-state index in [-0.39, 0.29) is 31.7 Å². The number of hydrogen-bond acceptors (Lipinski definition) is 5. The van der Waals surface area contributed by atoms with Crippen molar-refractivity contribution in [3.05, 3.63) is 59.7 Å². The van der Waals surface area contributed by atoms with Crippen molar-refractivity contribution in [1.82, 2.24) is 4.90 Å². The van der Waals surface area contributed by atoms with E-state index in [4.69, 9.17) is 14.2 Å². The topological polar surface area (TPSA) is 68.2 Å². The number of nitrogens with zero attached hydrogens (tertiary/aromatic N) is 1. The van der Waals surface area contributed by atoms with E-state index in [1.165, 1.54) is 27.2 Å². The van der Waals surface area contributed by atoms with Gasteiger partial charge >= 0.3 is 6.09 Å². The molecule has 1 amide bonds. The van der Waals surface area contributed by atoms with Crippen molar-refractivity contribution in [3.63, 3.8) is 0 Å². The van der Waals surface area contributed by atoms with Crippen LogP contribution in [0.3, 0.4) is 0 Å². The average Bonchev–Trinajstić information content (AvgIpc) is 3.43. The first-order valence-electron chi connectivity index (χ1n) is 9.71. The molecule has 2 aromatic rings. The highest BCUT2D eigenvalue weighted by atomic mass is 16.7. The summed E-state index contributed by atoms with van der Waals surface area (Å²) in [7, 11) is 0. The van der Waals surface area contributed by atoms with Crippen LogP contribution in [-0.2, 0) is 14.2 Å². The molecule has 6 heteroatoms. The smallest absolute Gasteiger partial charge is 0.410 e. The summed E-state index contributed by atoms with van der Waals surface area (Å²) in [5.41, 5.74) is 4.74. The third kappa shape index (κ3) is 2.80. The highest BCUT2D eigenvalue weighted by Crippen LogP contribution is 2.44. The zero-order valence-corrected chi connectivity index (χ0v) is 15.5. The van der Waals surface area contributed by atoms with Gasteiger partial charge in [0.2, 0.25) is 0 Å². The Kier molecular flexibility index (Phi) is 4.34. The molecule has 3 aliphatic rings. The molecule has 2 heterocycles. The molecule has 2 saturated heterocycles. The van der Waals surface area contributed by atoms with E-state index in [0.717, 1.165) is 0 Å². The lowest BCUT2D eigenvalue weighted by Crippen LogP contribution is -2.40. The van der Waals surface area contributed by atoms with E-state index in [0.29, 0.717) is 19.6 Å². The normalized spacial score (nSPS) is 22.5. The lowest BCUT2D eigenvalue weighted by Gasteiger charge is -2.24. The molecule has 2 aliphatic heterocycles. The van der Waals surface area contributed by atoms with Crippen LogP contribution in [0.25, 0.3) is 11.1 Å². The van der Waals surface area contributed by atoms with Crippen molar-refractivity contribution in [1.29, 1.82) is 0 Å². The van der Waals surface area contributed by atoms with Crippen molar-refractivity contribution in [2.24, 2.45) is 0 Å². The predicted octanol–water partition coefficient (Wildman–Crippen LogP) is 2.75. The molecule has 0 unspecified atom stereocenters. The van der Waals surface area contributed by atoms with E-state index in [1.807, 2.05) is 24.3 Å². The molecule has 1 atom stereocenters. The first-order valence-corrected chi connectivity index (χ1v) is 9.71. The van der Waals surface area contributed by atoms with Crippen LogP contribution in [0.2, 0.25) is 0 Å². The standard InChI is InChI=1S/C22H23NO5/c24-12-15-11-22(27-9-10-28-22)14-23(15)21(25)26-13-20-18-7-3-1-5-16(18)17-6-2-4-8-19(17)20/h1-8,15,20,24H,9-14H2/t15-/m1/s1. The van der Waals surface area contributed by atoms with E-state index in [9.17, 15) is 9.90 Å². The summed E-state index contributed by atoms with van der Waals surface area (Å²) in [6, 6.07) is 16.1. The monoisotopic (exact) mass is 381 g/mol.